The molecule has 1 atom stereocenters. The lowest BCUT2D eigenvalue weighted by molar-refractivity contribution is -0.137. The van der Waals surface area contributed by atoms with Crippen LogP contribution < -0.4 is 0 Å². The van der Waals surface area contributed by atoms with Crippen LogP contribution in [0.15, 0.2) is 11.6 Å². The molecule has 0 spiro atoms. The van der Waals surface area contributed by atoms with Gasteiger partial charge in [0.05, 0.1) is 26.9 Å². The van der Waals surface area contributed by atoms with Crippen LogP contribution in [0.2, 0.25) is 0 Å². The molecule has 1 aliphatic rings. The van der Waals surface area contributed by atoms with E-state index >= 15 is 0 Å². The molecular formula is C10H16O4. The van der Waals surface area contributed by atoms with E-state index in [0.717, 1.165) is 0 Å². The van der Waals surface area contributed by atoms with Crippen molar-refractivity contribution in [1.82, 2.24) is 0 Å². The number of methoxy groups -OCH3 is 1. The molecule has 1 aliphatic heterocycles. The molecule has 0 N–H and O–H groups in total. The van der Waals surface area contributed by atoms with E-state index in [0.29, 0.717) is 25.4 Å². The highest BCUT2D eigenvalue weighted by Crippen LogP contribution is 2.19. The van der Waals surface area contributed by atoms with Crippen LogP contribution in [-0.4, -0.2) is 38.5 Å². The van der Waals surface area contributed by atoms with Gasteiger partial charge in [-0.05, 0) is 19.9 Å². The monoisotopic (exact) mass is 200 g/mol. The Morgan fingerprint density at radius 1 is 1.50 bits per heavy atom. The lowest BCUT2D eigenvalue weighted by Gasteiger charge is -2.31. The Morgan fingerprint density at radius 3 is 2.71 bits per heavy atom. The van der Waals surface area contributed by atoms with Crippen molar-refractivity contribution >= 4 is 5.97 Å². The van der Waals surface area contributed by atoms with Gasteiger partial charge in [-0.3, -0.25) is 0 Å². The van der Waals surface area contributed by atoms with Crippen LogP contribution in [0.25, 0.3) is 0 Å². The third-order valence-electron chi connectivity index (χ3n) is 2.08. The Bertz CT molecular complexity index is 239. The molecule has 1 fully saturated rings. The average Bonchev–Trinajstić information content (AvgIpc) is 2.17. The summed E-state index contributed by atoms with van der Waals surface area (Å²) in [4.78, 5) is 11.1. The van der Waals surface area contributed by atoms with Crippen molar-refractivity contribution in [3.8, 4) is 0 Å². The van der Waals surface area contributed by atoms with Gasteiger partial charge >= 0.3 is 5.97 Å². The molecule has 4 heteroatoms. The van der Waals surface area contributed by atoms with Crippen LogP contribution in [0.3, 0.4) is 0 Å². The molecule has 0 saturated carbocycles. The Labute approximate surface area is 83.8 Å². The van der Waals surface area contributed by atoms with Crippen LogP contribution >= 0.6 is 0 Å². The zero-order valence-electron chi connectivity index (χ0n) is 8.83. The van der Waals surface area contributed by atoms with E-state index < -0.39 is 5.60 Å². The Balaban J connectivity index is 2.67. The van der Waals surface area contributed by atoms with Crippen molar-refractivity contribution in [3.05, 3.63) is 11.6 Å². The second-order valence-corrected chi connectivity index (χ2v) is 3.53. The van der Waals surface area contributed by atoms with E-state index in [4.69, 9.17) is 9.47 Å². The predicted octanol–water partition coefficient (Wildman–Crippen LogP) is 0.911. The minimum absolute atomic E-state index is 0.333. The second-order valence-electron chi connectivity index (χ2n) is 3.53. The third kappa shape index (κ3) is 2.82. The molecule has 0 aromatic heterocycles. The lowest BCUT2D eigenvalue weighted by Crippen LogP contribution is -2.39. The Hall–Kier alpha value is -0.870. The van der Waals surface area contributed by atoms with E-state index in [1.165, 1.54) is 7.11 Å². The smallest absolute Gasteiger partial charge is 0.333 e. The Kier molecular flexibility index (Phi) is 3.66. The number of hydrogen-bond donors (Lipinski definition) is 0. The van der Waals surface area contributed by atoms with Gasteiger partial charge in [-0.15, -0.1) is 0 Å². The number of hydrogen-bond acceptors (Lipinski definition) is 4. The Morgan fingerprint density at radius 2 is 2.21 bits per heavy atom. The molecule has 0 aromatic carbocycles. The van der Waals surface area contributed by atoms with Gasteiger partial charge in [0, 0.05) is 5.57 Å². The zero-order chi connectivity index (χ0) is 10.6. The maximum absolute atomic E-state index is 11.1. The SMILES string of the molecule is COC(=O)C(C)=CC1(C)COCCO1. The third-order valence-corrected chi connectivity index (χ3v) is 2.08. The molecular weight excluding hydrogens is 184 g/mol. The number of carbonyl (C=O) groups excluding carboxylic acids is 1. The maximum atomic E-state index is 11.1. The van der Waals surface area contributed by atoms with E-state index in [1.807, 2.05) is 6.92 Å². The van der Waals surface area contributed by atoms with E-state index in [2.05, 4.69) is 4.74 Å². The topological polar surface area (TPSA) is 44.8 Å². The minimum atomic E-state index is -0.503. The molecule has 0 radical (unpaired) electrons. The summed E-state index contributed by atoms with van der Waals surface area (Å²) >= 11 is 0. The summed E-state index contributed by atoms with van der Waals surface area (Å²) in [6.45, 7) is 5.23. The molecule has 0 aliphatic carbocycles. The highest BCUT2D eigenvalue weighted by molar-refractivity contribution is 5.87. The molecule has 4 nitrogen and oxygen atoms in total. The highest BCUT2D eigenvalue weighted by Gasteiger charge is 2.27. The van der Waals surface area contributed by atoms with Gasteiger partial charge in [-0.2, -0.15) is 0 Å². The van der Waals surface area contributed by atoms with Crippen molar-refractivity contribution in [2.24, 2.45) is 0 Å². The summed E-state index contributed by atoms with van der Waals surface area (Å²) in [6, 6.07) is 0. The van der Waals surface area contributed by atoms with E-state index in [9.17, 15) is 4.79 Å². The molecule has 1 heterocycles. The van der Waals surface area contributed by atoms with Crippen LogP contribution in [-0.2, 0) is 19.0 Å². The van der Waals surface area contributed by atoms with Gasteiger partial charge in [0.2, 0.25) is 0 Å². The lowest BCUT2D eigenvalue weighted by atomic mass is 10.0. The summed E-state index contributed by atoms with van der Waals surface area (Å²) in [6.07, 6.45) is 1.75. The predicted molar refractivity (Wildman–Crippen MR) is 50.9 cm³/mol. The number of carbonyl (C=O) groups is 1. The van der Waals surface area contributed by atoms with Crippen molar-refractivity contribution in [3.63, 3.8) is 0 Å². The molecule has 14 heavy (non-hydrogen) atoms. The summed E-state index contributed by atoms with van der Waals surface area (Å²) < 4.78 is 15.4. The number of esters is 1. The molecule has 1 rings (SSSR count). The van der Waals surface area contributed by atoms with Gasteiger partial charge in [0.1, 0.15) is 5.60 Å². The van der Waals surface area contributed by atoms with Gasteiger partial charge in [0.15, 0.2) is 0 Å². The number of rotatable bonds is 2. The van der Waals surface area contributed by atoms with Crippen LogP contribution in [0.4, 0.5) is 0 Å². The minimum Gasteiger partial charge on any atom is -0.466 e. The molecule has 80 valence electrons. The van der Waals surface area contributed by atoms with Crippen LogP contribution in [0, 0.1) is 0 Å². The first kappa shape index (κ1) is 11.2. The van der Waals surface area contributed by atoms with Crippen LogP contribution in [0.5, 0.6) is 0 Å². The molecule has 0 aromatic rings. The van der Waals surface area contributed by atoms with Crippen molar-refractivity contribution in [2.45, 2.75) is 19.4 Å². The molecule has 0 bridgehead atoms. The largest absolute Gasteiger partial charge is 0.466 e. The second kappa shape index (κ2) is 4.57. The van der Waals surface area contributed by atoms with Crippen molar-refractivity contribution in [1.29, 1.82) is 0 Å². The molecule has 1 saturated heterocycles. The van der Waals surface area contributed by atoms with Crippen molar-refractivity contribution in [2.75, 3.05) is 26.9 Å². The van der Waals surface area contributed by atoms with E-state index in [1.54, 1.807) is 13.0 Å². The molecule has 0 amide bonds. The summed E-state index contributed by atoms with van der Waals surface area (Å²) in [5.74, 6) is -0.333. The first-order chi connectivity index (χ1) is 6.57. The van der Waals surface area contributed by atoms with Gasteiger partial charge in [-0.1, -0.05) is 0 Å². The fourth-order valence-electron chi connectivity index (χ4n) is 1.41. The maximum Gasteiger partial charge on any atom is 0.333 e. The van der Waals surface area contributed by atoms with Gasteiger partial charge < -0.3 is 14.2 Å². The highest BCUT2D eigenvalue weighted by atomic mass is 16.6. The molecule has 1 unspecified atom stereocenters. The van der Waals surface area contributed by atoms with Gasteiger partial charge in [0.25, 0.3) is 0 Å². The first-order valence-electron chi connectivity index (χ1n) is 4.57. The number of ether oxygens (including phenoxy) is 3. The zero-order valence-corrected chi connectivity index (χ0v) is 8.83. The fourth-order valence-corrected chi connectivity index (χ4v) is 1.41. The van der Waals surface area contributed by atoms with E-state index in [-0.39, 0.29) is 5.97 Å². The fraction of sp³-hybridized carbons (Fsp3) is 0.700. The summed E-state index contributed by atoms with van der Waals surface area (Å²) in [5.41, 5.74) is 0.0387. The summed E-state index contributed by atoms with van der Waals surface area (Å²) in [5, 5.41) is 0. The normalized spacial score (nSPS) is 28.6. The quantitative estimate of drug-likeness (QED) is 0.491. The average molecular weight is 200 g/mol. The standard InChI is InChI=1S/C10H16O4/c1-8(9(11)12-3)6-10(2)7-13-4-5-14-10/h6H,4-5,7H2,1-3H3. The van der Waals surface area contributed by atoms with Crippen LogP contribution in [0.1, 0.15) is 13.8 Å². The first-order valence-corrected chi connectivity index (χ1v) is 4.57. The van der Waals surface area contributed by atoms with Gasteiger partial charge in [-0.25, -0.2) is 4.79 Å². The van der Waals surface area contributed by atoms with Crippen molar-refractivity contribution < 1.29 is 19.0 Å². The summed E-state index contributed by atoms with van der Waals surface area (Å²) in [7, 11) is 1.36.